The van der Waals surface area contributed by atoms with Crippen LogP contribution in [0.4, 0.5) is 13.2 Å². The number of rotatable bonds is 3. The quantitative estimate of drug-likeness (QED) is 0.916. The first-order valence-corrected chi connectivity index (χ1v) is 4.88. The molecular formula is C12H7F3O3. The highest BCUT2D eigenvalue weighted by molar-refractivity contribution is 5.76. The highest BCUT2D eigenvalue weighted by atomic mass is 19.3. The average molecular weight is 256 g/mol. The third-order valence-electron chi connectivity index (χ3n) is 2.31. The van der Waals surface area contributed by atoms with Crippen LogP contribution >= 0.6 is 0 Å². The van der Waals surface area contributed by atoms with Gasteiger partial charge in [0.2, 0.25) is 0 Å². The minimum Gasteiger partial charge on any atom is -0.476 e. The summed E-state index contributed by atoms with van der Waals surface area (Å²) >= 11 is 0. The van der Waals surface area contributed by atoms with Gasteiger partial charge in [0, 0.05) is 5.56 Å². The van der Waals surface area contributed by atoms with Crippen molar-refractivity contribution in [3.05, 3.63) is 48.0 Å². The van der Waals surface area contributed by atoms with Crippen molar-refractivity contribution in [2.24, 2.45) is 0 Å². The van der Waals surface area contributed by atoms with E-state index in [0.717, 1.165) is 18.2 Å². The van der Waals surface area contributed by atoms with Gasteiger partial charge in [-0.1, -0.05) is 0 Å². The van der Waals surface area contributed by atoms with E-state index in [-0.39, 0.29) is 5.76 Å². The highest BCUT2D eigenvalue weighted by Gasteiger charge is 2.44. The summed E-state index contributed by atoms with van der Waals surface area (Å²) in [5.74, 6) is -7.76. The Kier molecular flexibility index (Phi) is 2.86. The summed E-state index contributed by atoms with van der Waals surface area (Å²) in [6.07, 6.45) is 0. The second-order valence-corrected chi connectivity index (χ2v) is 3.55. The molecule has 6 heteroatoms. The number of carboxylic acids is 1. The van der Waals surface area contributed by atoms with Gasteiger partial charge in [-0.2, -0.15) is 8.78 Å². The molecule has 0 spiro atoms. The van der Waals surface area contributed by atoms with Gasteiger partial charge in [0.25, 0.3) is 0 Å². The normalized spacial score (nSPS) is 11.5. The maximum absolute atomic E-state index is 13.1. The number of carbonyl (C=O) groups is 1. The molecule has 1 N–H and O–H groups in total. The fourth-order valence-corrected chi connectivity index (χ4v) is 1.38. The molecule has 0 radical (unpaired) electrons. The zero-order valence-corrected chi connectivity index (χ0v) is 8.86. The second kappa shape index (κ2) is 4.21. The van der Waals surface area contributed by atoms with Gasteiger partial charge < -0.3 is 9.52 Å². The van der Waals surface area contributed by atoms with Crippen LogP contribution in [-0.4, -0.2) is 11.1 Å². The first kappa shape index (κ1) is 12.2. The van der Waals surface area contributed by atoms with Gasteiger partial charge in [0.05, 0.1) is 0 Å². The Morgan fingerprint density at radius 2 is 1.72 bits per heavy atom. The van der Waals surface area contributed by atoms with Gasteiger partial charge in [-0.3, -0.25) is 0 Å². The van der Waals surface area contributed by atoms with Gasteiger partial charge in [0.1, 0.15) is 11.6 Å². The van der Waals surface area contributed by atoms with Crippen LogP contribution in [0.2, 0.25) is 0 Å². The summed E-state index contributed by atoms with van der Waals surface area (Å²) < 4.78 is 43.7. The zero-order chi connectivity index (χ0) is 13.3. The molecule has 2 rings (SSSR count). The molecule has 0 atom stereocenters. The van der Waals surface area contributed by atoms with Gasteiger partial charge >= 0.3 is 11.9 Å². The van der Waals surface area contributed by atoms with Crippen molar-refractivity contribution < 1.29 is 27.5 Å². The Balaban J connectivity index is 2.37. The van der Waals surface area contributed by atoms with Crippen LogP contribution in [0.1, 0.15) is 5.76 Å². The first-order chi connectivity index (χ1) is 8.41. The van der Waals surface area contributed by atoms with Crippen molar-refractivity contribution in [2.75, 3.05) is 0 Å². The lowest BCUT2D eigenvalue weighted by Gasteiger charge is -2.06. The molecule has 1 aromatic heterocycles. The second-order valence-electron chi connectivity index (χ2n) is 3.55. The molecule has 18 heavy (non-hydrogen) atoms. The molecular weight excluding hydrogens is 249 g/mol. The summed E-state index contributed by atoms with van der Waals surface area (Å²) in [4.78, 5) is 10.4. The molecule has 1 aromatic carbocycles. The van der Waals surface area contributed by atoms with Crippen LogP contribution in [0.15, 0.2) is 40.8 Å². The Morgan fingerprint density at radius 1 is 1.11 bits per heavy atom. The van der Waals surface area contributed by atoms with Crippen LogP contribution < -0.4 is 0 Å². The van der Waals surface area contributed by atoms with E-state index < -0.39 is 23.5 Å². The molecule has 0 bridgehead atoms. The van der Waals surface area contributed by atoms with Gasteiger partial charge in [0.15, 0.2) is 5.76 Å². The van der Waals surface area contributed by atoms with Gasteiger partial charge in [-0.25, -0.2) is 9.18 Å². The highest BCUT2D eigenvalue weighted by Crippen LogP contribution is 2.32. The van der Waals surface area contributed by atoms with Crippen molar-refractivity contribution >= 4 is 5.97 Å². The van der Waals surface area contributed by atoms with Crippen molar-refractivity contribution in [1.82, 2.24) is 0 Å². The summed E-state index contributed by atoms with van der Waals surface area (Å²) in [6.45, 7) is 0. The average Bonchev–Trinajstić information content (AvgIpc) is 2.79. The molecule has 0 aliphatic rings. The third-order valence-corrected chi connectivity index (χ3v) is 2.31. The van der Waals surface area contributed by atoms with Crippen LogP contribution in [-0.2, 0) is 10.7 Å². The number of hydrogen-bond acceptors (Lipinski definition) is 2. The predicted molar refractivity (Wildman–Crippen MR) is 55.6 cm³/mol. The van der Waals surface area contributed by atoms with E-state index in [1.807, 2.05) is 0 Å². The van der Waals surface area contributed by atoms with Crippen LogP contribution in [0.25, 0.3) is 11.3 Å². The minimum absolute atomic E-state index is 0.0472. The lowest BCUT2D eigenvalue weighted by atomic mass is 10.2. The number of furan rings is 1. The third kappa shape index (κ3) is 2.09. The summed E-state index contributed by atoms with van der Waals surface area (Å²) in [7, 11) is 0. The predicted octanol–water partition coefficient (Wildman–Crippen LogP) is 3.26. The van der Waals surface area contributed by atoms with E-state index in [0.29, 0.717) is 5.56 Å². The standard InChI is InChI=1S/C12H7F3O3/c13-8-3-1-7(2-4-8)9-5-6-10(18-9)12(14,15)11(16)17/h1-6H,(H,16,17). The molecule has 1 heterocycles. The molecule has 0 aliphatic carbocycles. The fourth-order valence-electron chi connectivity index (χ4n) is 1.38. The van der Waals surface area contributed by atoms with Crippen molar-refractivity contribution in [2.45, 2.75) is 5.92 Å². The molecule has 0 fully saturated rings. The SMILES string of the molecule is O=C(O)C(F)(F)c1ccc(-c2ccc(F)cc2)o1. The number of alkyl halides is 2. The van der Waals surface area contributed by atoms with E-state index in [9.17, 15) is 18.0 Å². The lowest BCUT2D eigenvalue weighted by molar-refractivity contribution is -0.168. The number of benzene rings is 1. The Bertz CT molecular complexity index is 573. The van der Waals surface area contributed by atoms with Gasteiger partial charge in [-0.15, -0.1) is 0 Å². The fraction of sp³-hybridized carbons (Fsp3) is 0.0833. The van der Waals surface area contributed by atoms with E-state index >= 15 is 0 Å². The molecule has 2 aromatic rings. The first-order valence-electron chi connectivity index (χ1n) is 4.88. The molecule has 0 unspecified atom stereocenters. The summed E-state index contributed by atoms with van der Waals surface area (Å²) in [6, 6.07) is 7.07. The largest absolute Gasteiger partial charge is 0.476 e. The smallest absolute Gasteiger partial charge is 0.399 e. The van der Waals surface area contributed by atoms with Crippen LogP contribution in [0.3, 0.4) is 0 Å². The topological polar surface area (TPSA) is 50.4 Å². The molecule has 94 valence electrons. The molecule has 0 saturated carbocycles. The Labute approximate surface area is 99.5 Å². The maximum atomic E-state index is 13.1. The Hall–Kier alpha value is -2.24. The number of halogens is 3. The van der Waals surface area contributed by atoms with E-state index in [4.69, 9.17) is 9.52 Å². The number of aliphatic carboxylic acids is 1. The number of hydrogen-bond donors (Lipinski definition) is 1. The van der Waals surface area contributed by atoms with E-state index in [1.54, 1.807) is 0 Å². The van der Waals surface area contributed by atoms with Gasteiger partial charge in [-0.05, 0) is 36.4 Å². The monoisotopic (exact) mass is 256 g/mol. The zero-order valence-electron chi connectivity index (χ0n) is 8.86. The van der Waals surface area contributed by atoms with Crippen molar-refractivity contribution in [3.8, 4) is 11.3 Å². The molecule has 3 nitrogen and oxygen atoms in total. The van der Waals surface area contributed by atoms with Crippen LogP contribution in [0.5, 0.6) is 0 Å². The Morgan fingerprint density at radius 3 is 2.28 bits per heavy atom. The van der Waals surface area contributed by atoms with Crippen molar-refractivity contribution in [1.29, 1.82) is 0 Å². The minimum atomic E-state index is -4.09. The van der Waals surface area contributed by atoms with E-state index in [2.05, 4.69) is 0 Å². The summed E-state index contributed by atoms with van der Waals surface area (Å²) in [5, 5.41) is 8.35. The molecule has 0 aliphatic heterocycles. The molecule has 0 amide bonds. The van der Waals surface area contributed by atoms with Crippen LogP contribution in [0, 0.1) is 5.82 Å². The lowest BCUT2D eigenvalue weighted by Crippen LogP contribution is -2.24. The maximum Gasteiger partial charge on any atom is 0.399 e. The van der Waals surface area contributed by atoms with Crippen molar-refractivity contribution in [3.63, 3.8) is 0 Å². The van der Waals surface area contributed by atoms with E-state index in [1.165, 1.54) is 18.2 Å². The summed E-state index contributed by atoms with van der Waals surface area (Å²) in [5.41, 5.74) is 0.379. The number of carboxylic acid groups (broad SMARTS) is 1. The molecule has 0 saturated heterocycles.